The minimum atomic E-state index is -1.11. The molecular formula is C11H17N5O3. The molecule has 0 bridgehead atoms. The molecule has 0 atom stereocenters. The van der Waals surface area contributed by atoms with Gasteiger partial charge < -0.3 is 15.7 Å². The first-order chi connectivity index (χ1) is 9.15. The van der Waals surface area contributed by atoms with E-state index >= 15 is 0 Å². The highest BCUT2D eigenvalue weighted by Gasteiger charge is 2.16. The van der Waals surface area contributed by atoms with Crippen LogP contribution in [0.3, 0.4) is 0 Å². The Kier molecular flexibility index (Phi) is 4.32. The van der Waals surface area contributed by atoms with Crippen molar-refractivity contribution in [2.24, 2.45) is 0 Å². The van der Waals surface area contributed by atoms with Crippen LogP contribution >= 0.6 is 0 Å². The molecule has 0 aromatic carbocycles. The molecule has 1 aliphatic rings. The first-order valence-electron chi connectivity index (χ1n) is 6.33. The summed E-state index contributed by atoms with van der Waals surface area (Å²) >= 11 is 0. The summed E-state index contributed by atoms with van der Waals surface area (Å²) in [6.07, 6.45) is 5.75. The molecule has 8 nitrogen and oxygen atoms in total. The Morgan fingerprint density at radius 3 is 2.79 bits per heavy atom. The van der Waals surface area contributed by atoms with Gasteiger partial charge in [-0.1, -0.05) is 18.1 Å². The normalized spacial score (nSPS) is 15.4. The maximum atomic E-state index is 11.5. The van der Waals surface area contributed by atoms with Crippen molar-refractivity contribution in [3.63, 3.8) is 0 Å². The first kappa shape index (κ1) is 13.3. The molecular weight excluding hydrogens is 250 g/mol. The zero-order chi connectivity index (χ0) is 13.7. The molecule has 2 rings (SSSR count). The average molecular weight is 267 g/mol. The third-order valence-electron chi connectivity index (χ3n) is 3.07. The van der Waals surface area contributed by atoms with Gasteiger partial charge in [-0.15, -0.1) is 5.10 Å². The van der Waals surface area contributed by atoms with E-state index in [4.69, 9.17) is 5.11 Å². The van der Waals surface area contributed by atoms with E-state index in [-0.39, 0.29) is 17.8 Å². The Balaban J connectivity index is 1.67. The number of aromatic nitrogens is 3. The van der Waals surface area contributed by atoms with Gasteiger partial charge in [0, 0.05) is 12.6 Å². The maximum absolute atomic E-state index is 11.5. The van der Waals surface area contributed by atoms with Crippen LogP contribution in [0.2, 0.25) is 0 Å². The van der Waals surface area contributed by atoms with Gasteiger partial charge in [-0.25, -0.2) is 14.3 Å². The van der Waals surface area contributed by atoms with Gasteiger partial charge in [-0.3, -0.25) is 0 Å². The van der Waals surface area contributed by atoms with Gasteiger partial charge >= 0.3 is 12.0 Å². The minimum absolute atomic E-state index is 0.101. The zero-order valence-corrected chi connectivity index (χ0v) is 10.5. The van der Waals surface area contributed by atoms with Gasteiger partial charge in [-0.05, 0) is 12.8 Å². The number of carbonyl (C=O) groups is 2. The molecule has 8 heteroatoms. The third kappa shape index (κ3) is 3.94. The molecule has 1 aromatic heterocycles. The van der Waals surface area contributed by atoms with Crippen LogP contribution in [0.25, 0.3) is 0 Å². The largest absolute Gasteiger partial charge is 0.476 e. The molecule has 1 fully saturated rings. The van der Waals surface area contributed by atoms with Crippen molar-refractivity contribution in [1.82, 2.24) is 25.6 Å². The van der Waals surface area contributed by atoms with E-state index in [2.05, 4.69) is 20.9 Å². The van der Waals surface area contributed by atoms with Gasteiger partial charge in [-0.2, -0.15) is 0 Å². The summed E-state index contributed by atoms with van der Waals surface area (Å²) in [6, 6.07) is 0.0930. The number of aromatic carboxylic acids is 1. The number of amides is 2. The summed E-state index contributed by atoms with van der Waals surface area (Å²) in [7, 11) is 0. The lowest BCUT2D eigenvalue weighted by atomic mass is 10.2. The molecule has 0 radical (unpaired) electrons. The molecule has 104 valence electrons. The number of urea groups is 1. The Hall–Kier alpha value is -2.12. The van der Waals surface area contributed by atoms with Crippen LogP contribution in [0.4, 0.5) is 4.79 Å². The van der Waals surface area contributed by atoms with Crippen molar-refractivity contribution >= 4 is 12.0 Å². The summed E-state index contributed by atoms with van der Waals surface area (Å²) < 4.78 is 1.39. The predicted octanol–water partition coefficient (Wildman–Crippen LogP) is 0.218. The molecule has 0 spiro atoms. The summed E-state index contributed by atoms with van der Waals surface area (Å²) in [4.78, 5) is 22.1. The molecule has 3 N–H and O–H groups in total. The van der Waals surface area contributed by atoms with Gasteiger partial charge in [0.05, 0.1) is 12.7 Å². The second-order valence-corrected chi connectivity index (χ2v) is 4.55. The number of rotatable bonds is 5. The summed E-state index contributed by atoms with van der Waals surface area (Å²) in [5, 5.41) is 21.4. The highest BCUT2D eigenvalue weighted by atomic mass is 16.4. The van der Waals surface area contributed by atoms with E-state index in [1.54, 1.807) is 0 Å². The summed E-state index contributed by atoms with van der Waals surface area (Å²) in [5.41, 5.74) is -0.101. The van der Waals surface area contributed by atoms with Crippen molar-refractivity contribution in [1.29, 1.82) is 0 Å². The molecule has 2 amide bonds. The Bertz CT molecular complexity index is 453. The molecule has 0 aliphatic heterocycles. The molecule has 0 saturated heterocycles. The number of nitrogens with zero attached hydrogens (tertiary/aromatic N) is 3. The van der Waals surface area contributed by atoms with Crippen LogP contribution in [0, 0.1) is 0 Å². The van der Waals surface area contributed by atoms with Crippen LogP contribution in [0.15, 0.2) is 6.20 Å². The van der Waals surface area contributed by atoms with Crippen molar-refractivity contribution in [2.45, 2.75) is 38.3 Å². The zero-order valence-electron chi connectivity index (χ0n) is 10.5. The van der Waals surface area contributed by atoms with Crippen LogP contribution in [0.1, 0.15) is 36.2 Å². The van der Waals surface area contributed by atoms with E-state index in [1.807, 2.05) is 0 Å². The average Bonchev–Trinajstić information content (AvgIpc) is 3.00. The summed E-state index contributed by atoms with van der Waals surface area (Å²) in [6.45, 7) is 0.763. The standard InChI is InChI=1S/C11H17N5O3/c17-10(18)9-7-16(15-14-9)6-5-12-11(19)13-8-3-1-2-4-8/h7-8H,1-6H2,(H,17,18)(H2,12,13,19). The highest BCUT2D eigenvalue weighted by molar-refractivity contribution is 5.84. The van der Waals surface area contributed by atoms with Crippen molar-refractivity contribution in [3.05, 3.63) is 11.9 Å². The van der Waals surface area contributed by atoms with E-state index < -0.39 is 5.97 Å². The number of carboxylic acid groups (broad SMARTS) is 1. The molecule has 1 aliphatic carbocycles. The second-order valence-electron chi connectivity index (χ2n) is 4.55. The topological polar surface area (TPSA) is 109 Å². The number of hydrogen-bond donors (Lipinski definition) is 3. The molecule has 1 aromatic rings. The van der Waals surface area contributed by atoms with Crippen LogP contribution in [0.5, 0.6) is 0 Å². The van der Waals surface area contributed by atoms with Gasteiger partial charge in [0.25, 0.3) is 0 Å². The molecule has 19 heavy (non-hydrogen) atoms. The Morgan fingerprint density at radius 2 is 2.16 bits per heavy atom. The van der Waals surface area contributed by atoms with Crippen LogP contribution in [-0.4, -0.2) is 44.7 Å². The lowest BCUT2D eigenvalue weighted by molar-refractivity contribution is 0.0690. The monoisotopic (exact) mass is 267 g/mol. The van der Waals surface area contributed by atoms with E-state index in [0.29, 0.717) is 13.1 Å². The van der Waals surface area contributed by atoms with Gasteiger partial charge in [0.15, 0.2) is 5.69 Å². The maximum Gasteiger partial charge on any atom is 0.358 e. The fraction of sp³-hybridized carbons (Fsp3) is 0.636. The summed E-state index contributed by atoms with van der Waals surface area (Å²) in [5.74, 6) is -1.11. The number of nitrogens with one attached hydrogen (secondary N) is 2. The smallest absolute Gasteiger partial charge is 0.358 e. The van der Waals surface area contributed by atoms with E-state index in [1.165, 1.54) is 23.7 Å². The van der Waals surface area contributed by atoms with E-state index in [0.717, 1.165) is 12.8 Å². The lowest BCUT2D eigenvalue weighted by Gasteiger charge is -2.12. The second kappa shape index (κ2) is 6.17. The number of carboxylic acids is 1. The molecule has 1 saturated carbocycles. The Morgan fingerprint density at radius 1 is 1.42 bits per heavy atom. The lowest BCUT2D eigenvalue weighted by Crippen LogP contribution is -2.41. The quantitative estimate of drug-likeness (QED) is 0.707. The third-order valence-corrected chi connectivity index (χ3v) is 3.07. The Labute approximate surface area is 110 Å². The van der Waals surface area contributed by atoms with Crippen molar-refractivity contribution < 1.29 is 14.7 Å². The van der Waals surface area contributed by atoms with Crippen molar-refractivity contribution in [3.8, 4) is 0 Å². The fourth-order valence-corrected chi connectivity index (χ4v) is 2.10. The van der Waals surface area contributed by atoms with Crippen LogP contribution < -0.4 is 10.6 Å². The highest BCUT2D eigenvalue weighted by Crippen LogP contribution is 2.17. The fourth-order valence-electron chi connectivity index (χ4n) is 2.10. The predicted molar refractivity (Wildman–Crippen MR) is 65.8 cm³/mol. The van der Waals surface area contributed by atoms with Gasteiger partial charge in [0.2, 0.25) is 0 Å². The molecule has 0 unspecified atom stereocenters. The molecule has 1 heterocycles. The van der Waals surface area contributed by atoms with Crippen LogP contribution in [-0.2, 0) is 6.54 Å². The van der Waals surface area contributed by atoms with Crippen molar-refractivity contribution in [2.75, 3.05) is 6.54 Å². The van der Waals surface area contributed by atoms with Gasteiger partial charge in [0.1, 0.15) is 0 Å². The number of carbonyl (C=O) groups excluding carboxylic acids is 1. The van der Waals surface area contributed by atoms with E-state index in [9.17, 15) is 9.59 Å². The number of hydrogen-bond acceptors (Lipinski definition) is 4. The first-order valence-corrected chi connectivity index (χ1v) is 6.33. The SMILES string of the molecule is O=C(NCCn1cc(C(=O)O)nn1)NC1CCCC1. The minimum Gasteiger partial charge on any atom is -0.476 e.